The normalized spacial score (nSPS) is 33.0. The molecule has 53 nitrogen and oxygen atoms in total. The zero-order chi connectivity index (χ0) is 106. The van der Waals surface area contributed by atoms with Crippen molar-refractivity contribution in [3.8, 4) is 0 Å². The Hall–Kier alpha value is -5.85. The Bertz CT molecular complexity index is 3680. The second kappa shape index (κ2) is 63.5. The zero-order valence-electron chi connectivity index (χ0n) is 81.8. The standard InChI is InChI=1S/C47H83N5O23.C44H77N3O22/c1-26(56)27(6-4-5-13-48)50-31(57)7-2-3-8-33(59)51-15-11-47(12-16-51,22-32(58)49-14-19-70-44-41(67)38(64)35(61)28(23-53)73-44)10-9-34(60)52(17-20-71-45-42(68)39(65)36(62)29(24-54)74-45)18-21-72-46-43(69)40(66)37(63)30(25-55)75-46;1-2-25(51)7-5-3-4-6-8-30(53)46-14-11-44(12-15-46,21-29(52)45-13-18-64-41-38(61)35(58)32(55)26(22-48)67-41)10-9-31(54)47(16-19-65-42-39(62)36(59)33(56)27(23-49)68-42)17-20-66-43-40(63)37(60)34(57)28(24-50)69-43/h27-30,35-46,53-55,61-69H,2-25,48H2,1H3,(H,49,58)(H,50,57);26-28,32-43,48-50,55-63H,2-24H2,1H3,(H,45,52)/t27-,28+,29+,30+,35+,36+,37+,38-,39-,40-,41+,42-,43-,44+,45-,46-;26-,27-,28-,32-,33-,34-,35+,36+,37+,38-,39+,40+,41-,42+,43+/m01/s1. The van der Waals surface area contributed by atoms with Crippen molar-refractivity contribution in [2.24, 2.45) is 16.6 Å². The summed E-state index contributed by atoms with van der Waals surface area (Å²) in [6.07, 6.45) is -38.2. The first kappa shape index (κ1) is 125. The van der Waals surface area contributed by atoms with Gasteiger partial charge in [0.15, 0.2) is 43.5 Å². The number of aliphatic hydroxyl groups is 24. The van der Waals surface area contributed by atoms with Gasteiger partial charge >= 0.3 is 0 Å². The number of aliphatic hydroxyl groups excluding tert-OH is 24. The molecule has 144 heavy (non-hydrogen) atoms. The number of ketones is 2. The average molecular weight is 2090 g/mol. The summed E-state index contributed by atoms with van der Waals surface area (Å²) in [5, 5.41) is 250. The van der Waals surface area contributed by atoms with Crippen LogP contribution in [0.2, 0.25) is 0 Å². The van der Waals surface area contributed by atoms with E-state index in [1.54, 1.807) is 9.80 Å². The molecule has 8 rings (SSSR count). The topological polar surface area (TPSA) is 825 Å². The van der Waals surface area contributed by atoms with Crippen molar-refractivity contribution in [3.63, 3.8) is 0 Å². The molecule has 8 aliphatic heterocycles. The maximum Gasteiger partial charge on any atom is 0.222 e. The monoisotopic (exact) mass is 2090 g/mol. The van der Waals surface area contributed by atoms with Crippen LogP contribution in [0.15, 0.2) is 0 Å². The molecule has 8 fully saturated rings. The van der Waals surface area contributed by atoms with E-state index in [0.717, 1.165) is 25.7 Å². The number of amides is 7. The zero-order valence-corrected chi connectivity index (χ0v) is 81.8. The molecule has 0 aromatic carbocycles. The van der Waals surface area contributed by atoms with Crippen LogP contribution in [-0.2, 0) is 100.0 Å². The molecule has 8 aliphatic rings. The van der Waals surface area contributed by atoms with Gasteiger partial charge in [-0.25, -0.2) is 0 Å². The summed E-state index contributed by atoms with van der Waals surface area (Å²) in [6, 6.07) is -0.609. The minimum Gasteiger partial charge on any atom is -0.394 e. The van der Waals surface area contributed by atoms with Gasteiger partial charge in [0.05, 0.1) is 85.3 Å². The van der Waals surface area contributed by atoms with E-state index in [1.165, 1.54) is 16.7 Å². The third-order valence-corrected chi connectivity index (χ3v) is 27.8. The molecule has 31 atom stereocenters. The van der Waals surface area contributed by atoms with Crippen LogP contribution >= 0.6 is 0 Å². The third-order valence-electron chi connectivity index (χ3n) is 27.8. The number of piperidine rings is 2. The summed E-state index contributed by atoms with van der Waals surface area (Å²) >= 11 is 0. The second-order valence-electron chi connectivity index (χ2n) is 38.0. The number of nitrogens with zero attached hydrogens (tertiary/aromatic N) is 4. The fraction of sp³-hybridized carbons (Fsp3) is 0.901. The van der Waals surface area contributed by atoms with Crippen LogP contribution in [0.25, 0.3) is 0 Å². The maximum absolute atomic E-state index is 14.2. The van der Waals surface area contributed by atoms with Gasteiger partial charge in [0.1, 0.15) is 152 Å². The number of Topliss-reactive ketones (excluding diaryl/α,β-unsaturated/α-hetero) is 2. The SMILES string of the molecule is CC(=O)[C@H](CCCCN)NC(=O)CCCCC(=O)N1CCC(CCC(=O)N(CCO[C@H]2O[C@H](CO)[C@@H](O)[C@H](O)[C@@H]2O)CCO[C@H]2O[C@H](CO)[C@@H](O)[C@H](O)[C@@H]2O)(CC(=O)NCCO[C@@H]2O[C@H](CO)[C@@H](O)[C@H](O)[C@H]2O)CC1.CCC(=O)CCCCCCC(=O)N1CCC(CCC(=O)N(CCO[C@H]2O[C@H](CO)[C@@H](O)[C@H](O)[C@@H]2O)CCO[C@H]2O[C@H](CO)[C@@H](O)[C@H](O)[C@@H]2O)(CC(=O)NCCO[C@@H]2O[C@H](CO)[C@@H](O)[C@H](O)[C@H]2O)CC1. The molecule has 0 radical (unpaired) electrons. The number of nitrogens with one attached hydrogen (secondary N) is 3. The van der Waals surface area contributed by atoms with Gasteiger partial charge in [0.2, 0.25) is 41.4 Å². The Morgan fingerprint density at radius 1 is 0.347 bits per heavy atom. The molecule has 0 aromatic heterocycles. The number of ether oxygens (including phenoxy) is 12. The third kappa shape index (κ3) is 37.6. The smallest absolute Gasteiger partial charge is 0.222 e. The van der Waals surface area contributed by atoms with Crippen molar-refractivity contribution in [3.05, 3.63) is 0 Å². The van der Waals surface area contributed by atoms with Crippen LogP contribution in [0.3, 0.4) is 0 Å². The summed E-state index contributed by atoms with van der Waals surface area (Å²) in [6.45, 7) is -2.02. The summed E-state index contributed by atoms with van der Waals surface area (Å²) in [5.41, 5.74) is 3.88. The molecule has 8 heterocycles. The Kier molecular flexibility index (Phi) is 55.1. The summed E-state index contributed by atoms with van der Waals surface area (Å²) < 4.78 is 66.1. The van der Waals surface area contributed by atoms with Crippen LogP contribution in [0, 0.1) is 10.8 Å². The van der Waals surface area contributed by atoms with E-state index >= 15 is 0 Å². The van der Waals surface area contributed by atoms with E-state index in [0.29, 0.717) is 83.8 Å². The molecule has 0 bridgehead atoms. The van der Waals surface area contributed by atoms with Gasteiger partial charge in [0.25, 0.3) is 0 Å². The molecule has 29 N–H and O–H groups in total. The molecule has 0 saturated carbocycles. The lowest BCUT2D eigenvalue weighted by Gasteiger charge is -2.42. The van der Waals surface area contributed by atoms with Crippen molar-refractivity contribution in [1.29, 1.82) is 0 Å². The average Bonchev–Trinajstić information content (AvgIpc) is 0.544. The van der Waals surface area contributed by atoms with Gasteiger partial charge in [-0.15, -0.1) is 0 Å². The van der Waals surface area contributed by atoms with Crippen LogP contribution in [0.5, 0.6) is 0 Å². The van der Waals surface area contributed by atoms with Gasteiger partial charge in [-0.2, -0.15) is 0 Å². The molecule has 0 aliphatic carbocycles. The predicted octanol–water partition coefficient (Wildman–Crippen LogP) is -12.6. The fourth-order valence-electron chi connectivity index (χ4n) is 18.3. The quantitative estimate of drug-likeness (QED) is 0.0251. The molecule has 0 aromatic rings. The number of rotatable bonds is 59. The summed E-state index contributed by atoms with van der Waals surface area (Å²) in [4.78, 5) is 125. The number of hydrogen-bond acceptors (Lipinski definition) is 46. The van der Waals surface area contributed by atoms with Crippen molar-refractivity contribution in [2.75, 3.05) is 151 Å². The van der Waals surface area contributed by atoms with Crippen LogP contribution < -0.4 is 21.7 Å². The van der Waals surface area contributed by atoms with E-state index in [-0.39, 0.29) is 185 Å². The molecule has 0 spiro atoms. The Balaban J connectivity index is 0.000000392. The van der Waals surface area contributed by atoms with E-state index in [1.807, 2.05) is 6.92 Å². The first-order chi connectivity index (χ1) is 68.6. The maximum atomic E-state index is 14.2. The van der Waals surface area contributed by atoms with Gasteiger partial charge in [-0.1, -0.05) is 19.8 Å². The molecular weight excluding hydrogens is 1930 g/mol. The van der Waals surface area contributed by atoms with Gasteiger partial charge < -0.3 is 221 Å². The van der Waals surface area contributed by atoms with Crippen LogP contribution in [-0.4, -0.2) is 537 Å². The van der Waals surface area contributed by atoms with Crippen molar-refractivity contribution < 1.29 is 223 Å². The predicted molar refractivity (Wildman–Crippen MR) is 489 cm³/mol. The van der Waals surface area contributed by atoms with E-state index < -0.39 is 264 Å². The lowest BCUT2D eigenvalue weighted by Crippen LogP contribution is -2.59. The van der Waals surface area contributed by atoms with Crippen LogP contribution in [0.1, 0.15) is 168 Å². The molecular formula is C91H160N8O45. The Labute approximate surface area is 833 Å². The number of carbonyl (C=O) groups is 9. The van der Waals surface area contributed by atoms with Gasteiger partial charge in [-0.05, 0) is 108 Å². The number of likely N-dealkylation sites (tertiary alicyclic amines) is 2. The summed E-state index contributed by atoms with van der Waals surface area (Å²) in [7, 11) is 0. The number of hydrogen-bond donors (Lipinski definition) is 28. The Morgan fingerprint density at radius 2 is 0.618 bits per heavy atom. The number of carbonyl (C=O) groups excluding carboxylic acids is 9. The lowest BCUT2D eigenvalue weighted by molar-refractivity contribution is -0.303. The number of unbranched alkanes of at least 4 members (excludes halogenated alkanes) is 5. The van der Waals surface area contributed by atoms with Crippen molar-refractivity contribution >= 4 is 52.9 Å². The van der Waals surface area contributed by atoms with Crippen molar-refractivity contribution in [1.82, 2.24) is 35.6 Å². The molecule has 0 unspecified atom stereocenters. The molecule has 834 valence electrons. The number of nitrogens with two attached hydrogens (primary N) is 1. The highest BCUT2D eigenvalue weighted by Gasteiger charge is 2.52. The highest BCUT2D eigenvalue weighted by atomic mass is 16.7. The molecule has 7 amide bonds. The molecule has 8 saturated heterocycles. The van der Waals surface area contributed by atoms with E-state index in [9.17, 15) is 166 Å². The fourth-order valence-corrected chi connectivity index (χ4v) is 18.3. The Morgan fingerprint density at radius 3 is 0.889 bits per heavy atom. The minimum absolute atomic E-state index is 0.0518. The highest BCUT2D eigenvalue weighted by Crippen LogP contribution is 2.43. The lowest BCUT2D eigenvalue weighted by atomic mass is 9.72. The largest absolute Gasteiger partial charge is 0.394 e. The van der Waals surface area contributed by atoms with E-state index in [4.69, 9.17) is 62.6 Å². The first-order valence-corrected chi connectivity index (χ1v) is 49.8. The highest BCUT2D eigenvalue weighted by molar-refractivity contribution is 5.87. The second-order valence-corrected chi connectivity index (χ2v) is 38.0. The molecule has 53 heteroatoms. The van der Waals surface area contributed by atoms with Gasteiger partial charge in [-0.3, -0.25) is 43.2 Å². The van der Waals surface area contributed by atoms with Crippen LogP contribution in [0.4, 0.5) is 0 Å². The van der Waals surface area contributed by atoms with Gasteiger partial charge in [0, 0.05) is 123 Å². The van der Waals surface area contributed by atoms with Crippen molar-refractivity contribution in [2.45, 2.75) is 358 Å². The first-order valence-electron chi connectivity index (χ1n) is 49.8. The van der Waals surface area contributed by atoms with E-state index in [2.05, 4.69) is 16.0 Å². The summed E-state index contributed by atoms with van der Waals surface area (Å²) in [5.74, 6) is -2.31. The minimum atomic E-state index is -1.74.